The summed E-state index contributed by atoms with van der Waals surface area (Å²) in [5.41, 5.74) is 0.138. The van der Waals surface area contributed by atoms with Gasteiger partial charge in [-0.25, -0.2) is 23.5 Å². The Morgan fingerprint density at radius 2 is 1.97 bits per heavy atom. The first kappa shape index (κ1) is 22.6. The highest BCUT2D eigenvalue weighted by Gasteiger charge is 2.21. The maximum Gasteiger partial charge on any atom is 0.404 e. The summed E-state index contributed by atoms with van der Waals surface area (Å²) in [4.78, 5) is 19.0. The molecule has 2 heterocycles. The van der Waals surface area contributed by atoms with Crippen molar-refractivity contribution in [3.05, 3.63) is 35.5 Å². The van der Waals surface area contributed by atoms with Crippen LogP contribution in [0.3, 0.4) is 0 Å². The van der Waals surface area contributed by atoms with E-state index in [-0.39, 0.29) is 28.7 Å². The van der Waals surface area contributed by atoms with Crippen LogP contribution in [0.2, 0.25) is 0 Å². The lowest BCUT2D eigenvalue weighted by Crippen LogP contribution is -2.44. The van der Waals surface area contributed by atoms with E-state index in [1.54, 1.807) is 6.92 Å². The van der Waals surface area contributed by atoms with Crippen molar-refractivity contribution in [2.45, 2.75) is 38.8 Å². The van der Waals surface area contributed by atoms with Crippen molar-refractivity contribution in [2.75, 3.05) is 23.0 Å². The van der Waals surface area contributed by atoms with Crippen molar-refractivity contribution in [1.29, 1.82) is 5.26 Å². The molecular weight excluding hydrogens is 396 g/mol. The Morgan fingerprint density at radius 1 is 1.27 bits per heavy atom. The normalized spacial score (nSPS) is 12.4. The van der Waals surface area contributed by atoms with Crippen molar-refractivity contribution in [1.82, 2.24) is 15.3 Å². The first-order chi connectivity index (χ1) is 14.3. The summed E-state index contributed by atoms with van der Waals surface area (Å²) < 4.78 is 28.5. The van der Waals surface area contributed by atoms with Crippen molar-refractivity contribution >= 4 is 29.2 Å². The van der Waals surface area contributed by atoms with Gasteiger partial charge in [-0.3, -0.25) is 0 Å². The van der Waals surface area contributed by atoms with Gasteiger partial charge in [0.2, 0.25) is 0 Å². The fourth-order valence-corrected chi connectivity index (χ4v) is 2.83. The standard InChI is InChI=1S/C19H23F2N7O2/c1-4-5-15(10(2)25-19(29)30)27-18-13(20)6-11(8-22)16(28-18)26-12-7-14(21)17(23-3)24-9-12/h6-7,9-10,15,25H,4-5H2,1-3H3,(H,23,24)(H,29,30)(H2,26,27,28)/t10-,15+/m0/s1. The number of nitrogens with zero attached hydrogens (tertiary/aromatic N) is 3. The average Bonchev–Trinajstić information content (AvgIpc) is 2.69. The number of nitrogens with one attached hydrogen (secondary N) is 4. The maximum absolute atomic E-state index is 14.5. The largest absolute Gasteiger partial charge is 0.465 e. The number of nitriles is 1. The molecule has 2 atom stereocenters. The minimum absolute atomic E-state index is 0.00824. The van der Waals surface area contributed by atoms with Crippen molar-refractivity contribution in [2.24, 2.45) is 0 Å². The zero-order valence-corrected chi connectivity index (χ0v) is 16.8. The van der Waals surface area contributed by atoms with Gasteiger partial charge in [-0.2, -0.15) is 5.26 Å². The lowest BCUT2D eigenvalue weighted by Gasteiger charge is -2.25. The molecule has 9 nitrogen and oxygen atoms in total. The summed E-state index contributed by atoms with van der Waals surface area (Å²) in [6, 6.07) is 3.04. The molecule has 0 unspecified atom stereocenters. The smallest absolute Gasteiger partial charge is 0.404 e. The Morgan fingerprint density at radius 3 is 2.53 bits per heavy atom. The minimum Gasteiger partial charge on any atom is -0.465 e. The molecule has 11 heteroatoms. The monoisotopic (exact) mass is 419 g/mol. The van der Waals surface area contributed by atoms with Crippen LogP contribution in [0, 0.1) is 23.0 Å². The van der Waals surface area contributed by atoms with Gasteiger partial charge in [0.05, 0.1) is 17.4 Å². The van der Waals surface area contributed by atoms with E-state index in [4.69, 9.17) is 5.11 Å². The molecule has 0 saturated carbocycles. The van der Waals surface area contributed by atoms with Crippen LogP contribution in [0.5, 0.6) is 0 Å². The quantitative estimate of drug-likeness (QED) is 0.416. The van der Waals surface area contributed by atoms with Gasteiger partial charge in [-0.15, -0.1) is 0 Å². The Bertz CT molecular complexity index is 949. The molecule has 160 valence electrons. The first-order valence-corrected chi connectivity index (χ1v) is 9.26. The van der Waals surface area contributed by atoms with Gasteiger partial charge in [0.15, 0.2) is 29.1 Å². The van der Waals surface area contributed by atoms with E-state index in [0.29, 0.717) is 6.42 Å². The third-order valence-electron chi connectivity index (χ3n) is 4.31. The molecule has 2 rings (SSSR count). The summed E-state index contributed by atoms with van der Waals surface area (Å²) in [6.45, 7) is 3.56. The lowest BCUT2D eigenvalue weighted by molar-refractivity contribution is 0.189. The SMILES string of the molecule is CCC[C@@H](Nc1nc(Nc2cnc(NC)c(F)c2)c(C#N)cc1F)[C@H](C)NC(=O)O. The predicted octanol–water partition coefficient (Wildman–Crippen LogP) is 3.65. The van der Waals surface area contributed by atoms with Crippen molar-refractivity contribution in [3.8, 4) is 6.07 Å². The highest BCUT2D eigenvalue weighted by atomic mass is 19.1. The minimum atomic E-state index is -1.19. The topological polar surface area (TPSA) is 135 Å². The first-order valence-electron chi connectivity index (χ1n) is 9.26. The lowest BCUT2D eigenvalue weighted by atomic mass is 10.0. The number of pyridine rings is 2. The Labute approximate surface area is 172 Å². The van der Waals surface area contributed by atoms with Crippen LogP contribution in [0.25, 0.3) is 0 Å². The van der Waals surface area contributed by atoms with Gasteiger partial charge in [-0.05, 0) is 19.4 Å². The van der Waals surface area contributed by atoms with Gasteiger partial charge < -0.3 is 26.4 Å². The van der Waals surface area contributed by atoms with Crippen LogP contribution in [-0.2, 0) is 0 Å². The van der Waals surface area contributed by atoms with Crippen LogP contribution in [0.15, 0.2) is 18.3 Å². The zero-order chi connectivity index (χ0) is 22.3. The van der Waals surface area contributed by atoms with Gasteiger partial charge in [-0.1, -0.05) is 13.3 Å². The molecule has 0 saturated heterocycles. The number of anilines is 4. The Kier molecular flexibility index (Phi) is 7.69. The molecule has 0 aliphatic rings. The van der Waals surface area contributed by atoms with Crippen LogP contribution in [-0.4, -0.2) is 40.3 Å². The summed E-state index contributed by atoms with van der Waals surface area (Å²) in [5.74, 6) is -1.48. The molecule has 30 heavy (non-hydrogen) atoms. The number of carboxylic acid groups (broad SMARTS) is 1. The van der Waals surface area contributed by atoms with Crippen molar-refractivity contribution < 1.29 is 18.7 Å². The Balaban J connectivity index is 2.34. The number of rotatable bonds is 9. The van der Waals surface area contributed by atoms with E-state index in [1.807, 2.05) is 13.0 Å². The molecule has 0 aliphatic heterocycles. The zero-order valence-electron chi connectivity index (χ0n) is 16.8. The fraction of sp³-hybridized carbons (Fsp3) is 0.368. The Hall–Kier alpha value is -3.68. The summed E-state index contributed by atoms with van der Waals surface area (Å²) >= 11 is 0. The molecule has 0 aliphatic carbocycles. The second-order valence-corrected chi connectivity index (χ2v) is 6.53. The number of halogens is 2. The van der Waals surface area contributed by atoms with E-state index in [1.165, 1.54) is 13.2 Å². The van der Waals surface area contributed by atoms with E-state index in [2.05, 4.69) is 31.2 Å². The van der Waals surface area contributed by atoms with Crippen LogP contribution < -0.4 is 21.3 Å². The maximum atomic E-state index is 14.5. The molecule has 2 aromatic heterocycles. The van der Waals surface area contributed by atoms with Crippen molar-refractivity contribution in [3.63, 3.8) is 0 Å². The number of carbonyl (C=O) groups is 1. The predicted molar refractivity (Wildman–Crippen MR) is 109 cm³/mol. The third kappa shape index (κ3) is 5.66. The molecule has 0 spiro atoms. The highest BCUT2D eigenvalue weighted by Crippen LogP contribution is 2.25. The molecule has 0 bridgehead atoms. The summed E-state index contributed by atoms with van der Waals surface area (Å²) in [5, 5.41) is 28.9. The number of aromatic nitrogens is 2. The van der Waals surface area contributed by atoms with Gasteiger partial charge in [0.1, 0.15) is 6.07 Å². The fourth-order valence-electron chi connectivity index (χ4n) is 2.83. The summed E-state index contributed by atoms with van der Waals surface area (Å²) in [7, 11) is 1.53. The molecule has 0 radical (unpaired) electrons. The van der Waals surface area contributed by atoms with Crippen LogP contribution >= 0.6 is 0 Å². The van der Waals surface area contributed by atoms with E-state index in [9.17, 15) is 18.8 Å². The van der Waals surface area contributed by atoms with E-state index < -0.39 is 29.8 Å². The second kappa shape index (κ2) is 10.2. The third-order valence-corrected chi connectivity index (χ3v) is 4.31. The molecule has 1 amide bonds. The molecule has 0 aromatic carbocycles. The number of hydrogen-bond donors (Lipinski definition) is 5. The summed E-state index contributed by atoms with van der Waals surface area (Å²) in [6.07, 6.45) is 1.41. The molecule has 2 aromatic rings. The van der Waals surface area contributed by atoms with Gasteiger partial charge in [0, 0.05) is 25.2 Å². The average molecular weight is 419 g/mol. The van der Waals surface area contributed by atoms with E-state index >= 15 is 0 Å². The second-order valence-electron chi connectivity index (χ2n) is 6.53. The number of hydrogen-bond acceptors (Lipinski definition) is 7. The van der Waals surface area contributed by atoms with Crippen LogP contribution in [0.1, 0.15) is 32.3 Å². The molecule has 0 fully saturated rings. The van der Waals surface area contributed by atoms with Crippen LogP contribution in [0.4, 0.5) is 36.7 Å². The molecular formula is C19H23F2N7O2. The number of amides is 1. The van der Waals surface area contributed by atoms with Gasteiger partial charge >= 0.3 is 6.09 Å². The molecule has 5 N–H and O–H groups in total. The van der Waals surface area contributed by atoms with Gasteiger partial charge in [0.25, 0.3) is 0 Å². The van der Waals surface area contributed by atoms with E-state index in [0.717, 1.165) is 18.6 Å². The highest BCUT2D eigenvalue weighted by molar-refractivity contribution is 5.66.